The van der Waals surface area contributed by atoms with Gasteiger partial charge in [0.15, 0.2) is 9.84 Å². The number of nitrogens with one attached hydrogen (secondary N) is 1. The molecule has 4 nitrogen and oxygen atoms in total. The highest BCUT2D eigenvalue weighted by atomic mass is 32.2. The zero-order valence-electron chi connectivity index (χ0n) is 9.82. The normalized spacial score (nSPS) is 23.7. The third-order valence-electron chi connectivity index (χ3n) is 3.02. The lowest BCUT2D eigenvalue weighted by Crippen LogP contribution is -2.24. The van der Waals surface area contributed by atoms with Gasteiger partial charge in [0.25, 0.3) is 0 Å². The molecular weight excluding hydrogens is 226 g/mol. The number of rotatable bonds is 8. The topological polar surface area (TPSA) is 66.4 Å². The van der Waals surface area contributed by atoms with E-state index in [1.165, 1.54) is 0 Å². The van der Waals surface area contributed by atoms with Crippen LogP contribution >= 0.6 is 0 Å². The summed E-state index contributed by atoms with van der Waals surface area (Å²) in [5, 5.41) is 11.9. The SMILES string of the molecule is O=S1(=O)CCC(CNCCCCCCO)C1. The molecular formula is C11H23NO3S. The Kier molecular flexibility index (Phi) is 6.31. The Hall–Kier alpha value is -0.130. The Bertz CT molecular complexity index is 277. The maximum Gasteiger partial charge on any atom is 0.150 e. The third-order valence-corrected chi connectivity index (χ3v) is 4.86. The van der Waals surface area contributed by atoms with Gasteiger partial charge in [-0.3, -0.25) is 0 Å². The van der Waals surface area contributed by atoms with Crippen molar-refractivity contribution in [2.45, 2.75) is 32.1 Å². The van der Waals surface area contributed by atoms with Gasteiger partial charge >= 0.3 is 0 Å². The Balaban J connectivity index is 1.92. The fraction of sp³-hybridized carbons (Fsp3) is 1.00. The summed E-state index contributed by atoms with van der Waals surface area (Å²) >= 11 is 0. The van der Waals surface area contributed by atoms with Crippen LogP contribution in [0.5, 0.6) is 0 Å². The molecule has 0 amide bonds. The standard InChI is InChI=1S/C11H23NO3S/c13-7-4-2-1-3-6-12-9-11-5-8-16(14,15)10-11/h11-13H,1-10H2. The molecule has 0 saturated carbocycles. The van der Waals surface area contributed by atoms with Crippen molar-refractivity contribution < 1.29 is 13.5 Å². The summed E-state index contributed by atoms with van der Waals surface area (Å²) in [5.41, 5.74) is 0. The smallest absolute Gasteiger partial charge is 0.150 e. The molecule has 0 spiro atoms. The van der Waals surface area contributed by atoms with Gasteiger partial charge in [-0.1, -0.05) is 12.8 Å². The molecule has 0 aromatic heterocycles. The van der Waals surface area contributed by atoms with Crippen LogP contribution in [-0.2, 0) is 9.84 Å². The largest absolute Gasteiger partial charge is 0.396 e. The van der Waals surface area contributed by atoms with E-state index in [0.717, 1.165) is 45.2 Å². The zero-order chi connectivity index (χ0) is 11.9. The molecule has 1 fully saturated rings. The van der Waals surface area contributed by atoms with E-state index in [0.29, 0.717) is 17.4 Å². The summed E-state index contributed by atoms with van der Waals surface area (Å²) in [4.78, 5) is 0. The second-order valence-electron chi connectivity index (χ2n) is 4.61. The molecule has 0 aromatic carbocycles. The molecule has 1 rings (SSSR count). The lowest BCUT2D eigenvalue weighted by atomic mass is 10.1. The molecule has 2 N–H and O–H groups in total. The minimum Gasteiger partial charge on any atom is -0.396 e. The molecule has 1 aliphatic heterocycles. The molecule has 0 aromatic rings. The molecule has 1 aliphatic rings. The first kappa shape index (κ1) is 13.9. The van der Waals surface area contributed by atoms with Crippen molar-refractivity contribution in [1.82, 2.24) is 5.32 Å². The van der Waals surface area contributed by atoms with E-state index < -0.39 is 9.84 Å². The van der Waals surface area contributed by atoms with Gasteiger partial charge < -0.3 is 10.4 Å². The number of hydrogen-bond donors (Lipinski definition) is 2. The van der Waals surface area contributed by atoms with Crippen LogP contribution in [0.25, 0.3) is 0 Å². The van der Waals surface area contributed by atoms with Gasteiger partial charge in [-0.25, -0.2) is 8.42 Å². The first-order chi connectivity index (χ1) is 7.64. The summed E-state index contributed by atoms with van der Waals surface area (Å²) in [6.07, 6.45) is 5.03. The first-order valence-corrected chi connectivity index (χ1v) is 7.98. The highest BCUT2D eigenvalue weighted by molar-refractivity contribution is 7.91. The number of aliphatic hydroxyl groups excluding tert-OH is 1. The second-order valence-corrected chi connectivity index (χ2v) is 6.84. The second kappa shape index (κ2) is 7.25. The number of unbranched alkanes of at least 4 members (excludes halogenated alkanes) is 3. The highest BCUT2D eigenvalue weighted by Crippen LogP contribution is 2.17. The lowest BCUT2D eigenvalue weighted by Gasteiger charge is -2.09. The summed E-state index contributed by atoms with van der Waals surface area (Å²) in [5.74, 6) is 1.06. The van der Waals surface area contributed by atoms with Crippen LogP contribution in [0, 0.1) is 5.92 Å². The molecule has 1 heterocycles. The molecule has 96 valence electrons. The molecule has 0 bridgehead atoms. The van der Waals surface area contributed by atoms with E-state index in [1.54, 1.807) is 0 Å². The predicted molar refractivity (Wildman–Crippen MR) is 65.2 cm³/mol. The van der Waals surface area contributed by atoms with Crippen molar-refractivity contribution in [3.8, 4) is 0 Å². The van der Waals surface area contributed by atoms with Gasteiger partial charge in [-0.15, -0.1) is 0 Å². The Morgan fingerprint density at radius 1 is 1.19 bits per heavy atom. The third kappa shape index (κ3) is 5.82. The number of hydrogen-bond acceptors (Lipinski definition) is 4. The van der Waals surface area contributed by atoms with Crippen molar-refractivity contribution in [2.24, 2.45) is 5.92 Å². The predicted octanol–water partition coefficient (Wildman–Crippen LogP) is 0.563. The average molecular weight is 249 g/mol. The summed E-state index contributed by atoms with van der Waals surface area (Å²) in [6.45, 7) is 2.08. The molecule has 0 radical (unpaired) electrons. The number of aliphatic hydroxyl groups is 1. The maximum absolute atomic E-state index is 11.2. The van der Waals surface area contributed by atoms with E-state index in [-0.39, 0.29) is 6.61 Å². The maximum atomic E-state index is 11.2. The molecule has 0 aliphatic carbocycles. The van der Waals surface area contributed by atoms with Crippen LogP contribution in [-0.4, -0.2) is 44.7 Å². The Morgan fingerprint density at radius 3 is 2.56 bits per heavy atom. The molecule has 16 heavy (non-hydrogen) atoms. The van der Waals surface area contributed by atoms with Gasteiger partial charge in [0.05, 0.1) is 11.5 Å². The summed E-state index contributed by atoms with van der Waals surface area (Å²) in [7, 11) is -2.72. The Morgan fingerprint density at radius 2 is 1.94 bits per heavy atom. The van der Waals surface area contributed by atoms with Crippen molar-refractivity contribution in [2.75, 3.05) is 31.2 Å². The van der Waals surface area contributed by atoms with Gasteiger partial charge in [-0.05, 0) is 38.3 Å². The number of sulfone groups is 1. The molecule has 5 heteroatoms. The van der Waals surface area contributed by atoms with Crippen LogP contribution in [0.4, 0.5) is 0 Å². The van der Waals surface area contributed by atoms with Gasteiger partial charge in [0.1, 0.15) is 0 Å². The zero-order valence-corrected chi connectivity index (χ0v) is 10.6. The van der Waals surface area contributed by atoms with Crippen LogP contribution < -0.4 is 5.32 Å². The minimum absolute atomic E-state index is 0.285. The van der Waals surface area contributed by atoms with E-state index in [4.69, 9.17) is 5.11 Å². The van der Waals surface area contributed by atoms with E-state index in [9.17, 15) is 8.42 Å². The monoisotopic (exact) mass is 249 g/mol. The fourth-order valence-corrected chi connectivity index (χ4v) is 3.92. The summed E-state index contributed by atoms with van der Waals surface area (Å²) < 4.78 is 22.4. The molecule has 1 unspecified atom stereocenters. The molecule has 1 saturated heterocycles. The molecule has 1 atom stereocenters. The van der Waals surface area contributed by atoms with Crippen LogP contribution in [0.2, 0.25) is 0 Å². The average Bonchev–Trinajstić information content (AvgIpc) is 2.57. The van der Waals surface area contributed by atoms with Crippen LogP contribution in [0.15, 0.2) is 0 Å². The van der Waals surface area contributed by atoms with Crippen molar-refractivity contribution in [3.05, 3.63) is 0 Å². The van der Waals surface area contributed by atoms with Gasteiger partial charge in [-0.2, -0.15) is 0 Å². The quantitative estimate of drug-likeness (QED) is 0.617. The van der Waals surface area contributed by atoms with Crippen LogP contribution in [0.1, 0.15) is 32.1 Å². The van der Waals surface area contributed by atoms with Crippen molar-refractivity contribution in [1.29, 1.82) is 0 Å². The van der Waals surface area contributed by atoms with E-state index in [1.807, 2.05) is 0 Å². The highest BCUT2D eigenvalue weighted by Gasteiger charge is 2.27. The van der Waals surface area contributed by atoms with E-state index >= 15 is 0 Å². The van der Waals surface area contributed by atoms with E-state index in [2.05, 4.69) is 5.32 Å². The Labute approximate surface area is 98.4 Å². The van der Waals surface area contributed by atoms with Crippen LogP contribution in [0.3, 0.4) is 0 Å². The minimum atomic E-state index is -2.72. The van der Waals surface area contributed by atoms with Gasteiger partial charge in [0.2, 0.25) is 0 Å². The van der Waals surface area contributed by atoms with Crippen molar-refractivity contribution >= 4 is 9.84 Å². The van der Waals surface area contributed by atoms with Gasteiger partial charge in [0, 0.05) is 6.61 Å². The first-order valence-electron chi connectivity index (χ1n) is 6.16. The fourth-order valence-electron chi connectivity index (χ4n) is 2.05. The summed E-state index contributed by atoms with van der Waals surface area (Å²) in [6, 6.07) is 0. The van der Waals surface area contributed by atoms with Crippen molar-refractivity contribution in [3.63, 3.8) is 0 Å². The lowest BCUT2D eigenvalue weighted by molar-refractivity contribution is 0.282.